The molecule has 0 saturated carbocycles. The fourth-order valence-electron chi connectivity index (χ4n) is 2.27. The van der Waals surface area contributed by atoms with Crippen molar-refractivity contribution in [3.63, 3.8) is 0 Å². The predicted octanol–water partition coefficient (Wildman–Crippen LogP) is 1.95. The van der Waals surface area contributed by atoms with E-state index in [0.29, 0.717) is 16.8 Å². The molecule has 1 unspecified atom stereocenters. The van der Waals surface area contributed by atoms with Crippen LogP contribution in [0.3, 0.4) is 0 Å². The SMILES string of the molecule is CC(=O)Nc1ccc(S(=O)(=O)NCCC(O)c2ccoc2)c(C)c1. The highest BCUT2D eigenvalue weighted by molar-refractivity contribution is 7.89. The third-order valence-electron chi connectivity index (χ3n) is 3.42. The van der Waals surface area contributed by atoms with Crippen LogP contribution in [0.4, 0.5) is 5.69 Å². The number of hydrogen-bond donors (Lipinski definition) is 3. The molecule has 24 heavy (non-hydrogen) atoms. The van der Waals surface area contributed by atoms with Crippen LogP contribution in [0.2, 0.25) is 0 Å². The number of sulfonamides is 1. The first-order chi connectivity index (χ1) is 11.3. The molecule has 130 valence electrons. The molecule has 7 nitrogen and oxygen atoms in total. The fraction of sp³-hybridized carbons (Fsp3) is 0.312. The van der Waals surface area contributed by atoms with Crippen LogP contribution in [0.1, 0.15) is 30.6 Å². The first kappa shape index (κ1) is 18.2. The van der Waals surface area contributed by atoms with Crippen molar-refractivity contribution in [1.82, 2.24) is 4.72 Å². The summed E-state index contributed by atoms with van der Waals surface area (Å²) < 4.78 is 32.1. The van der Waals surface area contributed by atoms with E-state index >= 15 is 0 Å². The normalized spacial score (nSPS) is 12.8. The van der Waals surface area contributed by atoms with Gasteiger partial charge in [-0.2, -0.15) is 0 Å². The zero-order valence-corrected chi connectivity index (χ0v) is 14.3. The average Bonchev–Trinajstić information content (AvgIpc) is 3.00. The second-order valence-corrected chi connectivity index (χ2v) is 7.16. The molecule has 8 heteroatoms. The largest absolute Gasteiger partial charge is 0.472 e. The van der Waals surface area contributed by atoms with Crippen LogP contribution in [0, 0.1) is 6.92 Å². The molecule has 2 rings (SSSR count). The standard InChI is InChI=1S/C16H20N2O5S/c1-11-9-14(18-12(2)19)3-4-16(11)24(21,22)17-7-5-15(20)13-6-8-23-10-13/h3-4,6,8-10,15,17,20H,5,7H2,1-2H3,(H,18,19). The number of aliphatic hydroxyl groups is 1. The van der Waals surface area contributed by atoms with E-state index < -0.39 is 16.1 Å². The molecule has 0 radical (unpaired) electrons. The van der Waals surface area contributed by atoms with Gasteiger partial charge in [-0.05, 0) is 43.2 Å². The maximum atomic E-state index is 12.4. The summed E-state index contributed by atoms with van der Waals surface area (Å²) >= 11 is 0. The molecule has 0 aliphatic carbocycles. The van der Waals surface area contributed by atoms with Gasteiger partial charge in [0.15, 0.2) is 0 Å². The molecule has 1 aromatic heterocycles. The minimum atomic E-state index is -3.70. The minimum absolute atomic E-state index is 0.0849. The first-order valence-corrected chi connectivity index (χ1v) is 8.86. The van der Waals surface area contributed by atoms with Gasteiger partial charge in [-0.1, -0.05) is 0 Å². The number of amides is 1. The van der Waals surface area contributed by atoms with Crippen LogP contribution < -0.4 is 10.0 Å². The van der Waals surface area contributed by atoms with E-state index in [4.69, 9.17) is 4.42 Å². The zero-order chi connectivity index (χ0) is 17.7. The van der Waals surface area contributed by atoms with Crippen LogP contribution >= 0.6 is 0 Å². The van der Waals surface area contributed by atoms with Crippen molar-refractivity contribution < 1.29 is 22.7 Å². The predicted molar refractivity (Wildman–Crippen MR) is 89.0 cm³/mol. The molecule has 0 saturated heterocycles. The number of carbonyl (C=O) groups is 1. The van der Waals surface area contributed by atoms with Gasteiger partial charge in [0.25, 0.3) is 0 Å². The molecular formula is C16H20N2O5S. The maximum absolute atomic E-state index is 12.4. The Morgan fingerprint density at radius 1 is 1.33 bits per heavy atom. The summed E-state index contributed by atoms with van der Waals surface area (Å²) in [5.74, 6) is -0.226. The molecule has 0 aliphatic rings. The molecule has 0 aliphatic heterocycles. The molecule has 1 aromatic carbocycles. The van der Waals surface area contributed by atoms with E-state index in [1.807, 2.05) is 0 Å². The molecular weight excluding hydrogens is 332 g/mol. The fourth-order valence-corrected chi connectivity index (χ4v) is 3.54. The molecule has 3 N–H and O–H groups in total. The van der Waals surface area contributed by atoms with Gasteiger partial charge in [0.05, 0.1) is 23.5 Å². The van der Waals surface area contributed by atoms with Gasteiger partial charge in [-0.15, -0.1) is 0 Å². The van der Waals surface area contributed by atoms with Crippen LogP contribution in [-0.2, 0) is 14.8 Å². The van der Waals surface area contributed by atoms with E-state index in [1.165, 1.54) is 31.6 Å². The van der Waals surface area contributed by atoms with Crippen LogP contribution in [0.5, 0.6) is 0 Å². The molecule has 1 atom stereocenters. The molecule has 2 aromatic rings. The Hall–Kier alpha value is -2.16. The van der Waals surface area contributed by atoms with Crippen LogP contribution in [0.25, 0.3) is 0 Å². The average molecular weight is 352 g/mol. The Morgan fingerprint density at radius 2 is 2.08 bits per heavy atom. The summed E-state index contributed by atoms with van der Waals surface area (Å²) in [6.07, 6.45) is 2.30. The second kappa shape index (κ2) is 7.61. The zero-order valence-electron chi connectivity index (χ0n) is 13.4. The van der Waals surface area contributed by atoms with Crippen LogP contribution in [0.15, 0.2) is 46.1 Å². The summed E-state index contributed by atoms with van der Waals surface area (Å²) in [7, 11) is -3.70. The van der Waals surface area contributed by atoms with Gasteiger partial charge in [-0.25, -0.2) is 13.1 Å². The molecule has 0 spiro atoms. The molecule has 1 heterocycles. The van der Waals surface area contributed by atoms with Crippen molar-refractivity contribution in [1.29, 1.82) is 0 Å². The number of benzene rings is 1. The number of aryl methyl sites for hydroxylation is 1. The highest BCUT2D eigenvalue weighted by Gasteiger charge is 2.18. The summed E-state index contributed by atoms with van der Waals surface area (Å²) in [6.45, 7) is 3.12. The summed E-state index contributed by atoms with van der Waals surface area (Å²) in [4.78, 5) is 11.2. The molecule has 1 amide bonds. The highest BCUT2D eigenvalue weighted by Crippen LogP contribution is 2.20. The maximum Gasteiger partial charge on any atom is 0.240 e. The number of rotatable bonds is 7. The van der Waals surface area contributed by atoms with E-state index in [-0.39, 0.29) is 23.8 Å². The van der Waals surface area contributed by atoms with Crippen molar-refractivity contribution in [2.45, 2.75) is 31.3 Å². The lowest BCUT2D eigenvalue weighted by atomic mass is 10.1. The Labute approximate surface area is 140 Å². The Bertz CT molecular complexity index is 800. The van der Waals surface area contributed by atoms with Gasteiger partial charge >= 0.3 is 0 Å². The third-order valence-corrected chi connectivity index (χ3v) is 5.04. The first-order valence-electron chi connectivity index (χ1n) is 7.37. The Balaban J connectivity index is 2.01. The Morgan fingerprint density at radius 3 is 2.67 bits per heavy atom. The van der Waals surface area contributed by atoms with Crippen molar-refractivity contribution in [3.05, 3.63) is 47.9 Å². The number of carbonyl (C=O) groups excluding carboxylic acids is 1. The highest BCUT2D eigenvalue weighted by atomic mass is 32.2. The van der Waals surface area contributed by atoms with Gasteiger partial charge in [-0.3, -0.25) is 4.79 Å². The quantitative estimate of drug-likeness (QED) is 0.706. The second-order valence-electron chi connectivity index (χ2n) is 5.42. The number of aliphatic hydroxyl groups excluding tert-OH is 1. The molecule has 0 fully saturated rings. The van der Waals surface area contributed by atoms with E-state index in [2.05, 4.69) is 10.0 Å². The Kier molecular flexibility index (Phi) is 5.76. The van der Waals surface area contributed by atoms with Crippen molar-refractivity contribution in [2.75, 3.05) is 11.9 Å². The number of anilines is 1. The van der Waals surface area contributed by atoms with Crippen LogP contribution in [-0.4, -0.2) is 26.0 Å². The summed E-state index contributed by atoms with van der Waals surface area (Å²) in [6, 6.07) is 6.19. The monoisotopic (exact) mass is 352 g/mol. The van der Waals surface area contributed by atoms with Gasteiger partial charge in [0.1, 0.15) is 0 Å². The number of nitrogens with one attached hydrogen (secondary N) is 2. The topological polar surface area (TPSA) is 109 Å². The number of furan rings is 1. The summed E-state index contributed by atoms with van der Waals surface area (Å²) in [5.41, 5.74) is 1.66. The van der Waals surface area contributed by atoms with E-state index in [0.717, 1.165) is 0 Å². The number of hydrogen-bond acceptors (Lipinski definition) is 5. The third kappa shape index (κ3) is 4.67. The summed E-state index contributed by atoms with van der Waals surface area (Å²) in [5, 5.41) is 12.5. The van der Waals surface area contributed by atoms with Gasteiger partial charge in [0, 0.05) is 24.7 Å². The lowest BCUT2D eigenvalue weighted by molar-refractivity contribution is -0.114. The van der Waals surface area contributed by atoms with Gasteiger partial charge < -0.3 is 14.8 Å². The molecule has 0 bridgehead atoms. The minimum Gasteiger partial charge on any atom is -0.472 e. The van der Waals surface area contributed by atoms with Crippen molar-refractivity contribution in [3.8, 4) is 0 Å². The van der Waals surface area contributed by atoms with E-state index in [9.17, 15) is 18.3 Å². The van der Waals surface area contributed by atoms with Gasteiger partial charge in [0.2, 0.25) is 15.9 Å². The smallest absolute Gasteiger partial charge is 0.240 e. The van der Waals surface area contributed by atoms with Crippen molar-refractivity contribution in [2.24, 2.45) is 0 Å². The van der Waals surface area contributed by atoms with E-state index in [1.54, 1.807) is 19.1 Å². The lowest BCUT2D eigenvalue weighted by Gasteiger charge is -2.12. The lowest BCUT2D eigenvalue weighted by Crippen LogP contribution is -2.26. The van der Waals surface area contributed by atoms with Crippen molar-refractivity contribution >= 4 is 21.6 Å².